The Hall–Kier alpha value is -1.90. The zero-order valence-corrected chi connectivity index (χ0v) is 18.4. The zero-order valence-electron chi connectivity index (χ0n) is 16.0. The summed E-state index contributed by atoms with van der Waals surface area (Å²) in [6, 6.07) is 15.3. The first-order chi connectivity index (χ1) is 14.5. The second-order valence-electron chi connectivity index (χ2n) is 7.07. The highest BCUT2D eigenvalue weighted by Gasteiger charge is 2.29. The molecule has 3 aromatic rings. The molecule has 3 atom stereocenters. The number of amides is 1. The number of aliphatic hydroxyl groups excluding tert-OH is 2. The van der Waals surface area contributed by atoms with Crippen molar-refractivity contribution in [3.63, 3.8) is 0 Å². The van der Waals surface area contributed by atoms with Gasteiger partial charge in [-0.1, -0.05) is 48.0 Å². The largest absolute Gasteiger partial charge is 0.383 e. The van der Waals surface area contributed by atoms with Crippen molar-refractivity contribution < 1.29 is 15.0 Å². The van der Waals surface area contributed by atoms with E-state index < -0.39 is 18.1 Å². The first-order valence-corrected chi connectivity index (χ1v) is 11.7. The van der Waals surface area contributed by atoms with Crippen LogP contribution in [-0.2, 0) is 11.2 Å². The average Bonchev–Trinajstić information content (AvgIpc) is 3.39. The first-order valence-electron chi connectivity index (χ1n) is 9.59. The molecule has 0 spiro atoms. The van der Waals surface area contributed by atoms with E-state index in [2.05, 4.69) is 16.4 Å². The van der Waals surface area contributed by atoms with Crippen LogP contribution >= 0.6 is 34.7 Å². The number of carbonyl (C=O) groups is 1. The molecule has 0 aliphatic carbocycles. The summed E-state index contributed by atoms with van der Waals surface area (Å²) in [6.07, 6.45) is 0.926. The van der Waals surface area contributed by atoms with E-state index in [4.69, 9.17) is 11.6 Å². The summed E-state index contributed by atoms with van der Waals surface area (Å²) in [6.45, 7) is 0.326. The quantitative estimate of drug-likeness (QED) is 0.494. The second-order valence-corrected chi connectivity index (χ2v) is 9.97. The summed E-state index contributed by atoms with van der Waals surface area (Å²) in [7, 11) is 0. The molecule has 0 radical (unpaired) electrons. The maximum absolute atomic E-state index is 12.3. The van der Waals surface area contributed by atoms with Gasteiger partial charge < -0.3 is 15.5 Å². The van der Waals surface area contributed by atoms with Gasteiger partial charge in [-0.05, 0) is 36.6 Å². The highest BCUT2D eigenvalue weighted by Crippen LogP contribution is 2.35. The summed E-state index contributed by atoms with van der Waals surface area (Å²) >= 11 is 9.22. The molecule has 2 aromatic carbocycles. The van der Waals surface area contributed by atoms with Crippen molar-refractivity contribution in [3.8, 4) is 0 Å². The molecule has 1 aliphatic heterocycles. The number of rotatable bonds is 7. The Kier molecular flexibility index (Phi) is 6.75. The van der Waals surface area contributed by atoms with Gasteiger partial charge in [0, 0.05) is 21.7 Å². The van der Waals surface area contributed by atoms with Crippen molar-refractivity contribution in [2.75, 3.05) is 6.54 Å². The Morgan fingerprint density at radius 3 is 2.77 bits per heavy atom. The van der Waals surface area contributed by atoms with Gasteiger partial charge in [0.25, 0.3) is 5.91 Å². The van der Waals surface area contributed by atoms with Crippen LogP contribution in [0, 0.1) is 0 Å². The smallest absolute Gasteiger partial charge is 0.252 e. The first kappa shape index (κ1) is 21.3. The lowest BCUT2D eigenvalue weighted by Gasteiger charge is -2.16. The molecule has 1 unspecified atom stereocenters. The van der Waals surface area contributed by atoms with Crippen LogP contribution in [0.2, 0.25) is 5.02 Å². The number of para-hydroxylation sites is 1. The van der Waals surface area contributed by atoms with Gasteiger partial charge in [-0.15, -0.1) is 23.1 Å². The molecule has 1 amide bonds. The molecule has 30 heavy (non-hydrogen) atoms. The van der Waals surface area contributed by atoms with Crippen molar-refractivity contribution in [2.45, 2.75) is 30.3 Å². The van der Waals surface area contributed by atoms with E-state index in [1.165, 1.54) is 11.3 Å². The fourth-order valence-electron chi connectivity index (χ4n) is 3.30. The fraction of sp³-hybridized carbons (Fsp3) is 0.273. The maximum Gasteiger partial charge on any atom is 0.252 e. The van der Waals surface area contributed by atoms with Crippen LogP contribution in [0.25, 0.3) is 10.2 Å². The normalized spacial score (nSPS) is 18.2. The van der Waals surface area contributed by atoms with Crippen LogP contribution in [0.5, 0.6) is 0 Å². The van der Waals surface area contributed by atoms with E-state index in [0.29, 0.717) is 16.8 Å². The van der Waals surface area contributed by atoms with Crippen LogP contribution in [0.4, 0.5) is 0 Å². The van der Waals surface area contributed by atoms with Crippen LogP contribution in [0.15, 0.2) is 59.5 Å². The topological polar surface area (TPSA) is 82.5 Å². The number of nitrogens with one attached hydrogen (secondary N) is 1. The number of benzene rings is 2. The predicted molar refractivity (Wildman–Crippen MR) is 123 cm³/mol. The fourth-order valence-corrected chi connectivity index (χ4v) is 5.72. The summed E-state index contributed by atoms with van der Waals surface area (Å²) in [4.78, 5) is 17.7. The lowest BCUT2D eigenvalue weighted by atomic mass is 10.1. The number of carbonyl (C=O) groups excluding carboxylic acids is 1. The summed E-state index contributed by atoms with van der Waals surface area (Å²) in [5.41, 5.74) is 1.85. The summed E-state index contributed by atoms with van der Waals surface area (Å²) in [5, 5.41) is 24.9. The molecular formula is C22H21ClN2O3S2. The third-order valence-corrected chi connectivity index (χ3v) is 7.68. The number of halogens is 1. The highest BCUT2D eigenvalue weighted by molar-refractivity contribution is 8.03. The van der Waals surface area contributed by atoms with Crippen molar-refractivity contribution in [1.29, 1.82) is 0 Å². The number of fused-ring (bicyclic) bond motifs is 1. The number of aromatic nitrogens is 1. The van der Waals surface area contributed by atoms with Crippen LogP contribution in [0.1, 0.15) is 23.1 Å². The van der Waals surface area contributed by atoms with Gasteiger partial charge in [0.05, 0.1) is 10.2 Å². The molecule has 4 rings (SSSR count). The van der Waals surface area contributed by atoms with E-state index in [1.807, 2.05) is 48.5 Å². The maximum atomic E-state index is 12.3. The molecule has 1 aromatic heterocycles. The monoisotopic (exact) mass is 460 g/mol. The minimum atomic E-state index is -1.57. The number of nitrogens with zero attached hydrogens (tertiary/aromatic N) is 1. The Morgan fingerprint density at radius 1 is 1.20 bits per heavy atom. The predicted octanol–water partition coefficient (Wildman–Crippen LogP) is 4.09. The van der Waals surface area contributed by atoms with Crippen molar-refractivity contribution in [3.05, 3.63) is 75.1 Å². The van der Waals surface area contributed by atoms with E-state index in [0.717, 1.165) is 38.5 Å². The molecule has 8 heteroatoms. The van der Waals surface area contributed by atoms with Gasteiger partial charge in [-0.25, -0.2) is 4.98 Å². The summed E-state index contributed by atoms with van der Waals surface area (Å²) < 4.78 is 0.899. The van der Waals surface area contributed by atoms with Crippen molar-refractivity contribution >= 4 is 50.8 Å². The lowest BCUT2D eigenvalue weighted by Crippen LogP contribution is -2.39. The SMILES string of the molecule is O=C(NCC1=CCC(Cc2ccccc2Cl)S1)[C@H](O)[C@@H](O)c1nc2ccccc2s1. The molecule has 156 valence electrons. The summed E-state index contributed by atoms with van der Waals surface area (Å²) in [5.74, 6) is -0.613. The Bertz CT molecular complexity index is 1050. The molecule has 0 saturated heterocycles. The standard InChI is InChI=1S/C22H21ClN2O3S2/c23-16-6-2-1-5-13(16)11-14-9-10-15(29-14)12-24-21(28)19(26)20(27)22-25-17-7-3-4-8-18(17)30-22/h1-8,10,14,19-20,26-27H,9,11-12H2,(H,24,28)/t14?,19-,20-/m1/s1. The second kappa shape index (κ2) is 9.49. The van der Waals surface area contributed by atoms with Gasteiger partial charge in [-0.3, -0.25) is 4.79 Å². The number of thioether (sulfide) groups is 1. The van der Waals surface area contributed by atoms with Crippen molar-refractivity contribution in [1.82, 2.24) is 10.3 Å². The third kappa shape index (κ3) is 4.87. The molecule has 1 aliphatic rings. The zero-order chi connectivity index (χ0) is 21.1. The van der Waals surface area contributed by atoms with E-state index in [-0.39, 0.29) is 0 Å². The van der Waals surface area contributed by atoms with E-state index >= 15 is 0 Å². The molecule has 5 nitrogen and oxygen atoms in total. The van der Waals surface area contributed by atoms with E-state index in [1.54, 1.807) is 11.8 Å². The highest BCUT2D eigenvalue weighted by atomic mass is 35.5. The van der Waals surface area contributed by atoms with Gasteiger partial charge in [-0.2, -0.15) is 0 Å². The van der Waals surface area contributed by atoms with Crippen LogP contribution in [0.3, 0.4) is 0 Å². The number of hydrogen-bond acceptors (Lipinski definition) is 6. The van der Waals surface area contributed by atoms with Crippen molar-refractivity contribution in [2.24, 2.45) is 0 Å². The van der Waals surface area contributed by atoms with Gasteiger partial charge in [0.1, 0.15) is 11.1 Å². The Balaban J connectivity index is 1.28. The number of thiazole rings is 1. The molecule has 0 fully saturated rings. The molecule has 2 heterocycles. The number of allylic oxidation sites excluding steroid dienone is 1. The Morgan fingerprint density at radius 2 is 1.97 bits per heavy atom. The molecule has 0 bridgehead atoms. The average molecular weight is 461 g/mol. The van der Waals surface area contributed by atoms with Crippen LogP contribution in [-0.4, -0.2) is 39.0 Å². The number of hydrogen-bond donors (Lipinski definition) is 3. The Labute approximate surface area is 187 Å². The lowest BCUT2D eigenvalue weighted by molar-refractivity contribution is -0.135. The van der Waals surface area contributed by atoms with Crippen LogP contribution < -0.4 is 5.32 Å². The van der Waals surface area contributed by atoms with Gasteiger partial charge >= 0.3 is 0 Å². The van der Waals surface area contributed by atoms with Gasteiger partial charge in [0.15, 0.2) is 6.10 Å². The minimum Gasteiger partial charge on any atom is -0.383 e. The number of aliphatic hydroxyl groups is 2. The van der Waals surface area contributed by atoms with E-state index in [9.17, 15) is 15.0 Å². The molecular weight excluding hydrogens is 440 g/mol. The minimum absolute atomic E-state index is 0.326. The third-order valence-electron chi connectivity index (χ3n) is 4.90. The molecule has 0 saturated carbocycles. The van der Waals surface area contributed by atoms with Gasteiger partial charge in [0.2, 0.25) is 0 Å². The molecule has 3 N–H and O–H groups in total.